The summed E-state index contributed by atoms with van der Waals surface area (Å²) in [4.78, 5) is 0. The van der Waals surface area contributed by atoms with Crippen LogP contribution in [-0.2, 0) is 6.42 Å². The number of nitrogens with one attached hydrogen (secondary N) is 2. The van der Waals surface area contributed by atoms with Crippen molar-refractivity contribution < 1.29 is 0 Å². The van der Waals surface area contributed by atoms with Gasteiger partial charge in [-0.2, -0.15) is 0 Å². The third-order valence-corrected chi connectivity index (χ3v) is 2.95. The van der Waals surface area contributed by atoms with Gasteiger partial charge in [0.2, 0.25) is 0 Å². The standard InChI is InChI=1S/C13H19ClN2/c1-13(2,3)16-11-6-9-4-5-10(14)7-12(9)15-8-11/h4-5,7,11,15-16H,6,8H2,1-3H3. The molecule has 1 aliphatic heterocycles. The molecule has 1 aromatic carbocycles. The van der Waals surface area contributed by atoms with Gasteiger partial charge in [0.05, 0.1) is 0 Å². The molecular weight excluding hydrogens is 220 g/mol. The minimum atomic E-state index is 0.163. The summed E-state index contributed by atoms with van der Waals surface area (Å²) in [5.41, 5.74) is 2.69. The predicted octanol–water partition coefficient (Wildman–Crippen LogP) is 3.06. The van der Waals surface area contributed by atoms with Crippen molar-refractivity contribution in [2.24, 2.45) is 0 Å². The summed E-state index contributed by atoms with van der Waals surface area (Å²) < 4.78 is 0. The van der Waals surface area contributed by atoms with E-state index in [0.717, 1.165) is 18.0 Å². The highest BCUT2D eigenvalue weighted by atomic mass is 35.5. The van der Waals surface area contributed by atoms with Gasteiger partial charge in [-0.25, -0.2) is 0 Å². The molecule has 0 saturated carbocycles. The zero-order valence-corrected chi connectivity index (χ0v) is 10.9. The fraction of sp³-hybridized carbons (Fsp3) is 0.538. The van der Waals surface area contributed by atoms with E-state index in [1.165, 1.54) is 11.3 Å². The average molecular weight is 239 g/mol. The maximum atomic E-state index is 5.96. The van der Waals surface area contributed by atoms with E-state index in [9.17, 15) is 0 Å². The third kappa shape index (κ3) is 2.89. The van der Waals surface area contributed by atoms with E-state index in [-0.39, 0.29) is 5.54 Å². The molecule has 0 aliphatic carbocycles. The average Bonchev–Trinajstić information content (AvgIpc) is 2.16. The number of hydrogen-bond acceptors (Lipinski definition) is 2. The van der Waals surface area contributed by atoms with Gasteiger partial charge < -0.3 is 10.6 Å². The maximum absolute atomic E-state index is 5.96. The van der Waals surface area contributed by atoms with Crippen LogP contribution in [-0.4, -0.2) is 18.1 Å². The molecule has 3 heteroatoms. The summed E-state index contributed by atoms with van der Waals surface area (Å²) in [5.74, 6) is 0. The molecule has 0 saturated heterocycles. The van der Waals surface area contributed by atoms with E-state index in [4.69, 9.17) is 11.6 Å². The highest BCUT2D eigenvalue weighted by Gasteiger charge is 2.22. The van der Waals surface area contributed by atoms with E-state index in [2.05, 4.69) is 37.5 Å². The van der Waals surface area contributed by atoms with Gasteiger partial charge in [-0.1, -0.05) is 17.7 Å². The Balaban J connectivity index is 2.09. The summed E-state index contributed by atoms with van der Waals surface area (Å²) in [7, 11) is 0. The summed E-state index contributed by atoms with van der Waals surface area (Å²) in [5, 5.41) is 7.85. The van der Waals surface area contributed by atoms with E-state index < -0.39 is 0 Å². The quantitative estimate of drug-likeness (QED) is 0.786. The van der Waals surface area contributed by atoms with Crippen molar-refractivity contribution in [1.82, 2.24) is 5.32 Å². The van der Waals surface area contributed by atoms with Crippen LogP contribution < -0.4 is 10.6 Å². The van der Waals surface area contributed by atoms with Crippen molar-refractivity contribution in [3.63, 3.8) is 0 Å². The van der Waals surface area contributed by atoms with Crippen LogP contribution in [0.15, 0.2) is 18.2 Å². The summed E-state index contributed by atoms with van der Waals surface area (Å²) in [6.07, 6.45) is 1.07. The normalized spacial score (nSPS) is 20.1. The number of fused-ring (bicyclic) bond motifs is 1. The predicted molar refractivity (Wildman–Crippen MR) is 70.3 cm³/mol. The van der Waals surface area contributed by atoms with Crippen LogP contribution in [0.2, 0.25) is 5.02 Å². The van der Waals surface area contributed by atoms with Crippen LogP contribution in [0.3, 0.4) is 0 Å². The summed E-state index contributed by atoms with van der Waals surface area (Å²) in [6.45, 7) is 7.56. The second kappa shape index (κ2) is 4.27. The molecule has 0 spiro atoms. The molecule has 88 valence electrons. The van der Waals surface area contributed by atoms with Crippen molar-refractivity contribution in [3.05, 3.63) is 28.8 Å². The van der Waals surface area contributed by atoms with E-state index in [1.807, 2.05) is 12.1 Å². The number of rotatable bonds is 1. The largest absolute Gasteiger partial charge is 0.383 e. The number of halogens is 1. The molecule has 0 bridgehead atoms. The molecule has 1 atom stereocenters. The van der Waals surface area contributed by atoms with Crippen LogP contribution in [0.1, 0.15) is 26.3 Å². The van der Waals surface area contributed by atoms with Crippen LogP contribution in [0, 0.1) is 0 Å². The molecule has 16 heavy (non-hydrogen) atoms. The van der Waals surface area contributed by atoms with Gasteiger partial charge in [0.25, 0.3) is 0 Å². The molecule has 0 amide bonds. The Bertz CT molecular complexity index is 382. The van der Waals surface area contributed by atoms with Crippen LogP contribution in [0.5, 0.6) is 0 Å². The lowest BCUT2D eigenvalue weighted by Gasteiger charge is -2.33. The lowest BCUT2D eigenvalue weighted by molar-refractivity contribution is 0.361. The minimum Gasteiger partial charge on any atom is -0.383 e. The molecule has 1 heterocycles. The van der Waals surface area contributed by atoms with Gasteiger partial charge in [0.1, 0.15) is 0 Å². The van der Waals surface area contributed by atoms with Crippen molar-refractivity contribution >= 4 is 17.3 Å². The van der Waals surface area contributed by atoms with E-state index in [1.54, 1.807) is 0 Å². The van der Waals surface area contributed by atoms with Crippen molar-refractivity contribution in [2.45, 2.75) is 38.8 Å². The first-order chi connectivity index (χ1) is 7.44. The molecule has 0 radical (unpaired) electrons. The first kappa shape index (κ1) is 11.7. The van der Waals surface area contributed by atoms with Crippen LogP contribution in [0.25, 0.3) is 0 Å². The molecular formula is C13H19ClN2. The summed E-state index contributed by atoms with van der Waals surface area (Å²) >= 11 is 5.96. The van der Waals surface area contributed by atoms with Gasteiger partial charge in [-0.15, -0.1) is 0 Å². The van der Waals surface area contributed by atoms with Gasteiger partial charge in [0, 0.05) is 28.8 Å². The Morgan fingerprint density at radius 1 is 1.38 bits per heavy atom. The molecule has 2 N–H and O–H groups in total. The molecule has 2 rings (SSSR count). The topological polar surface area (TPSA) is 24.1 Å². The zero-order chi connectivity index (χ0) is 11.8. The molecule has 0 fully saturated rings. The highest BCUT2D eigenvalue weighted by Crippen LogP contribution is 2.25. The maximum Gasteiger partial charge on any atom is 0.0426 e. The van der Waals surface area contributed by atoms with Crippen molar-refractivity contribution in [2.75, 3.05) is 11.9 Å². The summed E-state index contributed by atoms with van der Waals surface area (Å²) in [6, 6.07) is 6.57. The monoisotopic (exact) mass is 238 g/mol. The Morgan fingerprint density at radius 3 is 2.81 bits per heavy atom. The minimum absolute atomic E-state index is 0.163. The van der Waals surface area contributed by atoms with E-state index >= 15 is 0 Å². The van der Waals surface area contributed by atoms with Gasteiger partial charge in [-0.3, -0.25) is 0 Å². The third-order valence-electron chi connectivity index (χ3n) is 2.71. The number of hydrogen-bond donors (Lipinski definition) is 2. The van der Waals surface area contributed by atoms with Crippen molar-refractivity contribution in [3.8, 4) is 0 Å². The Hall–Kier alpha value is -0.730. The Kier molecular flexibility index (Phi) is 3.13. The Labute approximate surface area is 102 Å². The Morgan fingerprint density at radius 2 is 2.12 bits per heavy atom. The second-order valence-electron chi connectivity index (χ2n) is 5.48. The highest BCUT2D eigenvalue weighted by molar-refractivity contribution is 6.30. The number of benzene rings is 1. The first-order valence-corrected chi connectivity index (χ1v) is 6.12. The van der Waals surface area contributed by atoms with Gasteiger partial charge in [0.15, 0.2) is 0 Å². The molecule has 2 nitrogen and oxygen atoms in total. The smallest absolute Gasteiger partial charge is 0.0426 e. The van der Waals surface area contributed by atoms with Crippen molar-refractivity contribution in [1.29, 1.82) is 0 Å². The zero-order valence-electron chi connectivity index (χ0n) is 10.1. The lowest BCUT2D eigenvalue weighted by Crippen LogP contribution is -2.49. The van der Waals surface area contributed by atoms with Gasteiger partial charge in [-0.05, 0) is 44.9 Å². The first-order valence-electron chi connectivity index (χ1n) is 5.74. The van der Waals surface area contributed by atoms with Crippen LogP contribution >= 0.6 is 11.6 Å². The molecule has 1 aromatic rings. The number of anilines is 1. The SMILES string of the molecule is CC(C)(C)NC1CNc2cc(Cl)ccc2C1. The van der Waals surface area contributed by atoms with Crippen LogP contribution in [0.4, 0.5) is 5.69 Å². The fourth-order valence-corrected chi connectivity index (χ4v) is 2.35. The second-order valence-corrected chi connectivity index (χ2v) is 5.91. The molecule has 0 aromatic heterocycles. The molecule has 1 unspecified atom stereocenters. The van der Waals surface area contributed by atoms with Gasteiger partial charge >= 0.3 is 0 Å². The molecule has 1 aliphatic rings. The lowest BCUT2D eigenvalue weighted by atomic mass is 9.97. The fourth-order valence-electron chi connectivity index (χ4n) is 2.18. The van der Waals surface area contributed by atoms with E-state index in [0.29, 0.717) is 6.04 Å².